The van der Waals surface area contributed by atoms with Crippen LogP contribution in [0.5, 0.6) is 0 Å². The smallest absolute Gasteiger partial charge is 0.0326 e. The van der Waals surface area contributed by atoms with Crippen molar-refractivity contribution in [3.8, 4) is 0 Å². The summed E-state index contributed by atoms with van der Waals surface area (Å²) in [4.78, 5) is 0. The molecule has 1 unspecified atom stereocenters. The molecule has 0 aromatic heterocycles. The number of rotatable bonds is 2. The van der Waals surface area contributed by atoms with E-state index in [4.69, 9.17) is 5.73 Å². The van der Waals surface area contributed by atoms with Crippen LogP contribution in [0.1, 0.15) is 55.7 Å². The van der Waals surface area contributed by atoms with Crippen molar-refractivity contribution in [3.63, 3.8) is 0 Å². The summed E-state index contributed by atoms with van der Waals surface area (Å²) >= 11 is 3.60. The molecular formula is C15H22BrN. The van der Waals surface area contributed by atoms with Gasteiger partial charge in [-0.05, 0) is 42.9 Å². The summed E-state index contributed by atoms with van der Waals surface area (Å²) < 4.78 is 1.18. The first-order chi connectivity index (χ1) is 8.20. The highest BCUT2D eigenvalue weighted by Crippen LogP contribution is 2.34. The SMILES string of the molecule is Cc1c(Br)cccc1C(N)C1CCCCCC1. The second kappa shape index (κ2) is 6.01. The highest BCUT2D eigenvalue weighted by Gasteiger charge is 2.22. The van der Waals surface area contributed by atoms with Crippen molar-refractivity contribution in [2.24, 2.45) is 11.7 Å². The van der Waals surface area contributed by atoms with Crippen molar-refractivity contribution < 1.29 is 0 Å². The van der Waals surface area contributed by atoms with Crippen molar-refractivity contribution >= 4 is 15.9 Å². The molecule has 2 rings (SSSR count). The van der Waals surface area contributed by atoms with E-state index in [1.54, 1.807) is 0 Å². The maximum absolute atomic E-state index is 6.49. The Morgan fingerprint density at radius 1 is 1.18 bits per heavy atom. The van der Waals surface area contributed by atoms with Crippen LogP contribution in [0.15, 0.2) is 22.7 Å². The van der Waals surface area contributed by atoms with E-state index in [1.165, 1.54) is 54.1 Å². The minimum absolute atomic E-state index is 0.214. The van der Waals surface area contributed by atoms with Gasteiger partial charge in [-0.25, -0.2) is 0 Å². The molecule has 1 fully saturated rings. The standard InChI is InChI=1S/C15H22BrN/c1-11-13(9-6-10-14(11)16)15(17)12-7-4-2-3-5-8-12/h6,9-10,12,15H,2-5,7-8,17H2,1H3. The Balaban J connectivity index is 2.17. The Kier molecular flexibility index (Phi) is 4.63. The number of benzene rings is 1. The van der Waals surface area contributed by atoms with Gasteiger partial charge in [0.15, 0.2) is 0 Å². The van der Waals surface area contributed by atoms with Gasteiger partial charge in [-0.2, -0.15) is 0 Å². The quantitative estimate of drug-likeness (QED) is 0.785. The molecule has 1 aliphatic rings. The number of nitrogens with two attached hydrogens (primary N) is 1. The van der Waals surface area contributed by atoms with E-state index in [-0.39, 0.29) is 6.04 Å². The van der Waals surface area contributed by atoms with Crippen molar-refractivity contribution in [2.45, 2.75) is 51.5 Å². The van der Waals surface area contributed by atoms with Crippen molar-refractivity contribution in [2.75, 3.05) is 0 Å². The maximum atomic E-state index is 6.49. The summed E-state index contributed by atoms with van der Waals surface area (Å²) in [5, 5.41) is 0. The largest absolute Gasteiger partial charge is 0.324 e. The minimum Gasteiger partial charge on any atom is -0.324 e. The van der Waals surface area contributed by atoms with Gasteiger partial charge in [-0.15, -0.1) is 0 Å². The highest BCUT2D eigenvalue weighted by molar-refractivity contribution is 9.10. The lowest BCUT2D eigenvalue weighted by Crippen LogP contribution is -2.22. The van der Waals surface area contributed by atoms with Gasteiger partial charge in [0.25, 0.3) is 0 Å². The topological polar surface area (TPSA) is 26.0 Å². The van der Waals surface area contributed by atoms with Crippen LogP contribution >= 0.6 is 15.9 Å². The Morgan fingerprint density at radius 2 is 1.82 bits per heavy atom. The maximum Gasteiger partial charge on any atom is 0.0326 e. The van der Waals surface area contributed by atoms with E-state index in [2.05, 4.69) is 41.1 Å². The monoisotopic (exact) mass is 295 g/mol. The first kappa shape index (κ1) is 13.1. The molecule has 1 nitrogen and oxygen atoms in total. The van der Waals surface area contributed by atoms with Crippen LogP contribution in [-0.4, -0.2) is 0 Å². The van der Waals surface area contributed by atoms with Gasteiger partial charge in [0.2, 0.25) is 0 Å². The normalized spacial score (nSPS) is 19.9. The summed E-state index contributed by atoms with van der Waals surface area (Å²) in [6.07, 6.45) is 8.08. The molecule has 0 bridgehead atoms. The summed E-state index contributed by atoms with van der Waals surface area (Å²) in [6, 6.07) is 6.60. The Morgan fingerprint density at radius 3 is 2.47 bits per heavy atom. The molecular weight excluding hydrogens is 274 g/mol. The van der Waals surface area contributed by atoms with Gasteiger partial charge in [0.05, 0.1) is 0 Å². The summed E-state index contributed by atoms with van der Waals surface area (Å²) in [5.41, 5.74) is 9.12. The van der Waals surface area contributed by atoms with Crippen LogP contribution in [0.2, 0.25) is 0 Å². The molecule has 2 N–H and O–H groups in total. The molecule has 0 saturated heterocycles. The van der Waals surface area contributed by atoms with Gasteiger partial charge in [0.1, 0.15) is 0 Å². The number of halogens is 1. The molecule has 0 amide bonds. The predicted octanol–water partition coefficient (Wildman–Crippen LogP) is 4.73. The first-order valence-electron chi connectivity index (χ1n) is 6.70. The Labute approximate surface area is 113 Å². The molecule has 0 radical (unpaired) electrons. The fourth-order valence-corrected chi connectivity index (χ4v) is 3.29. The van der Waals surface area contributed by atoms with Gasteiger partial charge in [-0.1, -0.05) is 53.7 Å². The number of hydrogen-bond acceptors (Lipinski definition) is 1. The van der Waals surface area contributed by atoms with Crippen LogP contribution in [0.3, 0.4) is 0 Å². The third-order valence-corrected chi connectivity index (χ3v) is 4.94. The van der Waals surface area contributed by atoms with E-state index >= 15 is 0 Å². The third kappa shape index (κ3) is 3.11. The van der Waals surface area contributed by atoms with E-state index in [1.807, 2.05) is 0 Å². The zero-order chi connectivity index (χ0) is 12.3. The summed E-state index contributed by atoms with van der Waals surface area (Å²) in [6.45, 7) is 2.16. The van der Waals surface area contributed by atoms with Gasteiger partial charge < -0.3 is 5.73 Å². The highest BCUT2D eigenvalue weighted by atomic mass is 79.9. The molecule has 0 heterocycles. The van der Waals surface area contributed by atoms with Crippen LogP contribution in [0.4, 0.5) is 0 Å². The van der Waals surface area contributed by atoms with Crippen molar-refractivity contribution in [1.82, 2.24) is 0 Å². The van der Waals surface area contributed by atoms with Crippen LogP contribution in [0.25, 0.3) is 0 Å². The van der Waals surface area contributed by atoms with Gasteiger partial charge >= 0.3 is 0 Å². The molecule has 1 aromatic carbocycles. The fraction of sp³-hybridized carbons (Fsp3) is 0.600. The molecule has 2 heteroatoms. The van der Waals surface area contributed by atoms with Crippen LogP contribution in [-0.2, 0) is 0 Å². The second-order valence-electron chi connectivity index (χ2n) is 5.23. The molecule has 1 aliphatic carbocycles. The molecule has 0 spiro atoms. The van der Waals surface area contributed by atoms with E-state index < -0.39 is 0 Å². The minimum atomic E-state index is 0.214. The first-order valence-corrected chi connectivity index (χ1v) is 7.50. The lowest BCUT2D eigenvalue weighted by Gasteiger charge is -2.24. The Bertz CT molecular complexity index is 367. The van der Waals surface area contributed by atoms with E-state index in [0.29, 0.717) is 5.92 Å². The van der Waals surface area contributed by atoms with E-state index in [0.717, 1.165) is 0 Å². The zero-order valence-corrected chi connectivity index (χ0v) is 12.2. The third-order valence-electron chi connectivity index (χ3n) is 4.08. The Hall–Kier alpha value is -0.340. The van der Waals surface area contributed by atoms with E-state index in [9.17, 15) is 0 Å². The molecule has 1 saturated carbocycles. The van der Waals surface area contributed by atoms with Gasteiger partial charge in [0, 0.05) is 10.5 Å². The summed E-state index contributed by atoms with van der Waals surface area (Å²) in [5.74, 6) is 0.672. The average Bonchev–Trinajstić information content (AvgIpc) is 2.60. The zero-order valence-electron chi connectivity index (χ0n) is 10.6. The summed E-state index contributed by atoms with van der Waals surface area (Å²) in [7, 11) is 0. The lowest BCUT2D eigenvalue weighted by molar-refractivity contribution is 0.381. The molecule has 1 atom stereocenters. The van der Waals surface area contributed by atoms with Crippen molar-refractivity contribution in [1.29, 1.82) is 0 Å². The lowest BCUT2D eigenvalue weighted by atomic mass is 9.86. The van der Waals surface area contributed by atoms with Crippen LogP contribution in [0, 0.1) is 12.8 Å². The second-order valence-corrected chi connectivity index (χ2v) is 6.09. The fourth-order valence-electron chi connectivity index (χ4n) is 2.91. The van der Waals surface area contributed by atoms with Gasteiger partial charge in [-0.3, -0.25) is 0 Å². The number of hydrogen-bond donors (Lipinski definition) is 1. The van der Waals surface area contributed by atoms with Crippen molar-refractivity contribution in [3.05, 3.63) is 33.8 Å². The predicted molar refractivity (Wildman–Crippen MR) is 77.0 cm³/mol. The molecule has 17 heavy (non-hydrogen) atoms. The van der Waals surface area contributed by atoms with Crippen LogP contribution < -0.4 is 5.73 Å². The molecule has 1 aromatic rings. The molecule has 94 valence electrons. The molecule has 0 aliphatic heterocycles. The average molecular weight is 296 g/mol.